The van der Waals surface area contributed by atoms with Crippen molar-refractivity contribution in [2.45, 2.75) is 32.8 Å². The fourth-order valence-corrected chi connectivity index (χ4v) is 2.37. The Hall–Kier alpha value is -0.0500. The van der Waals surface area contributed by atoms with Crippen LogP contribution in [0, 0.1) is 5.92 Å². The number of thiophene rings is 1. The second-order valence-corrected chi connectivity index (χ2v) is 4.97. The number of halogens is 1. The van der Waals surface area contributed by atoms with E-state index in [2.05, 4.69) is 13.8 Å². The second kappa shape index (κ2) is 4.99. The predicted octanol–water partition coefficient (Wildman–Crippen LogP) is 3.87. The molecule has 0 aromatic carbocycles. The molecule has 0 aliphatic heterocycles. The SMILES string of the molecule is CC(C)CCC(O)c1sccc1Cl. The van der Waals surface area contributed by atoms with Gasteiger partial charge in [0.05, 0.1) is 16.0 Å². The summed E-state index contributed by atoms with van der Waals surface area (Å²) in [5.41, 5.74) is 0. The monoisotopic (exact) mass is 218 g/mol. The maximum atomic E-state index is 9.77. The lowest BCUT2D eigenvalue weighted by Crippen LogP contribution is -1.98. The smallest absolute Gasteiger partial charge is 0.0897 e. The Morgan fingerprint density at radius 3 is 2.62 bits per heavy atom. The van der Waals surface area contributed by atoms with E-state index in [1.807, 2.05) is 11.4 Å². The van der Waals surface area contributed by atoms with Crippen LogP contribution in [-0.4, -0.2) is 5.11 Å². The predicted molar refractivity (Wildman–Crippen MR) is 58.4 cm³/mol. The molecule has 1 atom stereocenters. The highest BCUT2D eigenvalue weighted by atomic mass is 35.5. The van der Waals surface area contributed by atoms with E-state index >= 15 is 0 Å². The second-order valence-electron chi connectivity index (χ2n) is 3.62. The average molecular weight is 219 g/mol. The van der Waals surface area contributed by atoms with Gasteiger partial charge in [0.15, 0.2) is 0 Å². The van der Waals surface area contributed by atoms with E-state index in [1.54, 1.807) is 0 Å². The minimum absolute atomic E-state index is 0.380. The molecule has 3 heteroatoms. The topological polar surface area (TPSA) is 20.2 Å². The van der Waals surface area contributed by atoms with Gasteiger partial charge < -0.3 is 5.11 Å². The molecule has 1 aromatic heterocycles. The van der Waals surface area contributed by atoms with Crippen LogP contribution in [0.15, 0.2) is 11.4 Å². The van der Waals surface area contributed by atoms with Crippen LogP contribution < -0.4 is 0 Å². The molecular formula is C10H15ClOS. The summed E-state index contributed by atoms with van der Waals surface area (Å²) in [6.07, 6.45) is 1.46. The van der Waals surface area contributed by atoms with Crippen molar-refractivity contribution in [2.24, 2.45) is 5.92 Å². The summed E-state index contributed by atoms with van der Waals surface area (Å²) < 4.78 is 0. The zero-order valence-electron chi connectivity index (χ0n) is 7.96. The minimum atomic E-state index is -0.380. The van der Waals surface area contributed by atoms with Gasteiger partial charge in [-0.25, -0.2) is 0 Å². The summed E-state index contributed by atoms with van der Waals surface area (Å²) in [7, 11) is 0. The first kappa shape index (κ1) is 11.0. The highest BCUT2D eigenvalue weighted by Crippen LogP contribution is 2.31. The molecule has 1 unspecified atom stereocenters. The zero-order valence-corrected chi connectivity index (χ0v) is 9.53. The van der Waals surface area contributed by atoms with Gasteiger partial charge in [-0.1, -0.05) is 25.4 Å². The maximum absolute atomic E-state index is 9.77. The fraction of sp³-hybridized carbons (Fsp3) is 0.600. The molecular weight excluding hydrogens is 204 g/mol. The molecule has 0 radical (unpaired) electrons. The van der Waals surface area contributed by atoms with Crippen molar-refractivity contribution < 1.29 is 5.11 Å². The molecule has 0 aliphatic carbocycles. The summed E-state index contributed by atoms with van der Waals surface area (Å²) in [6, 6.07) is 1.83. The van der Waals surface area contributed by atoms with Crippen LogP contribution in [0.25, 0.3) is 0 Å². The Balaban J connectivity index is 2.49. The summed E-state index contributed by atoms with van der Waals surface area (Å²) in [5.74, 6) is 0.633. The third-order valence-corrected chi connectivity index (χ3v) is 3.42. The molecule has 1 rings (SSSR count). The third-order valence-electron chi connectivity index (χ3n) is 1.96. The zero-order chi connectivity index (χ0) is 9.84. The molecule has 0 bridgehead atoms. The first-order chi connectivity index (χ1) is 6.11. The molecule has 0 spiro atoms. The Morgan fingerprint density at radius 1 is 1.46 bits per heavy atom. The summed E-state index contributed by atoms with van der Waals surface area (Å²) in [4.78, 5) is 0.905. The van der Waals surface area contributed by atoms with Gasteiger partial charge in [-0.15, -0.1) is 11.3 Å². The van der Waals surface area contributed by atoms with E-state index in [4.69, 9.17) is 11.6 Å². The van der Waals surface area contributed by atoms with Gasteiger partial charge in [-0.2, -0.15) is 0 Å². The lowest BCUT2D eigenvalue weighted by Gasteiger charge is -2.10. The normalized spacial score (nSPS) is 13.6. The van der Waals surface area contributed by atoms with Crippen molar-refractivity contribution in [3.05, 3.63) is 21.3 Å². The van der Waals surface area contributed by atoms with E-state index in [1.165, 1.54) is 11.3 Å². The van der Waals surface area contributed by atoms with Gasteiger partial charge in [-0.05, 0) is 30.2 Å². The summed E-state index contributed by atoms with van der Waals surface area (Å²) in [5, 5.41) is 12.4. The van der Waals surface area contributed by atoms with Gasteiger partial charge in [0.2, 0.25) is 0 Å². The van der Waals surface area contributed by atoms with Crippen molar-refractivity contribution in [1.82, 2.24) is 0 Å². The first-order valence-corrected chi connectivity index (χ1v) is 5.78. The van der Waals surface area contributed by atoms with Crippen LogP contribution in [0.4, 0.5) is 0 Å². The Bertz CT molecular complexity index is 257. The van der Waals surface area contributed by atoms with Gasteiger partial charge in [0.25, 0.3) is 0 Å². The molecule has 0 aliphatic rings. The van der Waals surface area contributed by atoms with Crippen LogP contribution >= 0.6 is 22.9 Å². The largest absolute Gasteiger partial charge is 0.388 e. The lowest BCUT2D eigenvalue weighted by molar-refractivity contribution is 0.163. The van der Waals surface area contributed by atoms with Crippen molar-refractivity contribution >= 4 is 22.9 Å². The van der Waals surface area contributed by atoms with E-state index in [0.29, 0.717) is 10.9 Å². The lowest BCUT2D eigenvalue weighted by atomic mass is 10.0. The number of aliphatic hydroxyl groups excluding tert-OH is 1. The molecule has 1 nitrogen and oxygen atoms in total. The van der Waals surface area contributed by atoms with Crippen LogP contribution in [0.1, 0.15) is 37.7 Å². The third kappa shape index (κ3) is 3.29. The molecule has 0 amide bonds. The molecule has 74 valence electrons. The van der Waals surface area contributed by atoms with Crippen molar-refractivity contribution in [3.8, 4) is 0 Å². The quantitative estimate of drug-likeness (QED) is 0.814. The molecule has 1 aromatic rings. The number of rotatable bonds is 4. The molecule has 1 N–H and O–H groups in total. The van der Waals surface area contributed by atoms with E-state index in [9.17, 15) is 5.11 Å². The van der Waals surface area contributed by atoms with Gasteiger partial charge in [0, 0.05) is 0 Å². The Kier molecular flexibility index (Phi) is 4.23. The minimum Gasteiger partial charge on any atom is -0.388 e. The van der Waals surface area contributed by atoms with E-state index < -0.39 is 0 Å². The molecule has 1 heterocycles. The first-order valence-electron chi connectivity index (χ1n) is 4.52. The van der Waals surface area contributed by atoms with Crippen LogP contribution in [-0.2, 0) is 0 Å². The fourth-order valence-electron chi connectivity index (χ4n) is 1.17. The average Bonchev–Trinajstić information content (AvgIpc) is 2.47. The molecule has 13 heavy (non-hydrogen) atoms. The molecule has 0 saturated carbocycles. The van der Waals surface area contributed by atoms with Crippen molar-refractivity contribution in [3.63, 3.8) is 0 Å². The van der Waals surface area contributed by atoms with Gasteiger partial charge in [-0.3, -0.25) is 0 Å². The summed E-state index contributed by atoms with van der Waals surface area (Å²) in [6.45, 7) is 4.31. The maximum Gasteiger partial charge on any atom is 0.0897 e. The van der Waals surface area contributed by atoms with Crippen molar-refractivity contribution in [1.29, 1.82) is 0 Å². The molecule has 0 fully saturated rings. The highest BCUT2D eigenvalue weighted by Gasteiger charge is 2.12. The Morgan fingerprint density at radius 2 is 2.15 bits per heavy atom. The van der Waals surface area contributed by atoms with Crippen LogP contribution in [0.2, 0.25) is 5.02 Å². The number of hydrogen-bond acceptors (Lipinski definition) is 2. The van der Waals surface area contributed by atoms with Gasteiger partial charge in [0.1, 0.15) is 0 Å². The van der Waals surface area contributed by atoms with E-state index in [0.717, 1.165) is 17.7 Å². The van der Waals surface area contributed by atoms with Gasteiger partial charge >= 0.3 is 0 Å². The highest BCUT2D eigenvalue weighted by molar-refractivity contribution is 7.10. The Labute approximate surface area is 88.4 Å². The van der Waals surface area contributed by atoms with Crippen LogP contribution in [0.3, 0.4) is 0 Å². The number of hydrogen-bond donors (Lipinski definition) is 1. The van der Waals surface area contributed by atoms with Crippen molar-refractivity contribution in [2.75, 3.05) is 0 Å². The van der Waals surface area contributed by atoms with Crippen LogP contribution in [0.5, 0.6) is 0 Å². The van der Waals surface area contributed by atoms with E-state index in [-0.39, 0.29) is 6.10 Å². The summed E-state index contributed by atoms with van der Waals surface area (Å²) >= 11 is 7.43. The molecule has 0 saturated heterocycles. The number of aliphatic hydroxyl groups is 1. The standard InChI is InChI=1S/C10H15ClOS/c1-7(2)3-4-9(12)10-8(11)5-6-13-10/h5-7,9,12H,3-4H2,1-2H3.